The number of ether oxygens (including phenoxy) is 2. The molecule has 0 bridgehead atoms. The molecule has 5 aromatic rings. The maximum atomic E-state index is 13.9. The second-order valence-electron chi connectivity index (χ2n) is 9.16. The molecule has 1 N–H and O–H groups in total. The lowest BCUT2D eigenvalue weighted by Gasteiger charge is -2.19. The van der Waals surface area contributed by atoms with Crippen LogP contribution in [-0.2, 0) is 28.2 Å². The van der Waals surface area contributed by atoms with Crippen LogP contribution in [0.4, 0.5) is 0 Å². The molecule has 12 heteroatoms. The van der Waals surface area contributed by atoms with E-state index >= 15 is 0 Å². The highest BCUT2D eigenvalue weighted by molar-refractivity contribution is 6.03. The first kappa shape index (κ1) is 23.4. The van der Waals surface area contributed by atoms with E-state index in [9.17, 15) is 19.2 Å². The van der Waals surface area contributed by atoms with Crippen molar-refractivity contribution in [2.24, 2.45) is 28.2 Å². The molecule has 0 amide bonds. The summed E-state index contributed by atoms with van der Waals surface area (Å²) < 4.78 is 17.8. The number of H-pyrrole nitrogens is 1. The summed E-state index contributed by atoms with van der Waals surface area (Å²) in [5.41, 5.74) is -0.562. The fraction of sp³-hybridized carbons (Fsp3) is 0.231. The number of nitrogens with one attached hydrogen (secondary N) is 1. The SMILES string of the molecule is Cn1c(-n2cccc2)c(-c2c(-c3ccc4c(c3)OCCO4)[nH]c3c2c(=O)n(C)c(=O)n3C)c(=O)n(C)c1=O. The van der Waals surface area contributed by atoms with E-state index < -0.39 is 22.5 Å². The number of hydrogen-bond acceptors (Lipinski definition) is 6. The smallest absolute Gasteiger partial charge is 0.332 e. The maximum Gasteiger partial charge on any atom is 0.332 e. The van der Waals surface area contributed by atoms with Crippen molar-refractivity contribution in [2.75, 3.05) is 13.2 Å². The Kier molecular flexibility index (Phi) is 5.09. The normalized spacial score (nSPS) is 12.8. The Hall–Kier alpha value is -5.00. The lowest BCUT2D eigenvalue weighted by Crippen LogP contribution is -2.40. The highest BCUT2D eigenvalue weighted by Crippen LogP contribution is 2.40. The zero-order chi connectivity index (χ0) is 26.9. The van der Waals surface area contributed by atoms with Crippen molar-refractivity contribution in [1.82, 2.24) is 27.8 Å². The van der Waals surface area contributed by atoms with Gasteiger partial charge in [-0.2, -0.15) is 0 Å². The number of aromatic nitrogens is 6. The van der Waals surface area contributed by atoms with Gasteiger partial charge in [0.1, 0.15) is 24.7 Å². The van der Waals surface area contributed by atoms with Gasteiger partial charge in [0.25, 0.3) is 11.1 Å². The van der Waals surface area contributed by atoms with E-state index in [2.05, 4.69) is 4.98 Å². The summed E-state index contributed by atoms with van der Waals surface area (Å²) in [6, 6.07) is 8.83. The molecule has 12 nitrogen and oxygen atoms in total. The fourth-order valence-electron chi connectivity index (χ4n) is 5.02. The Labute approximate surface area is 214 Å². The predicted molar refractivity (Wildman–Crippen MR) is 140 cm³/mol. The van der Waals surface area contributed by atoms with Crippen LogP contribution >= 0.6 is 0 Å². The van der Waals surface area contributed by atoms with Gasteiger partial charge >= 0.3 is 11.4 Å². The van der Waals surface area contributed by atoms with Gasteiger partial charge < -0.3 is 19.0 Å². The third-order valence-electron chi connectivity index (χ3n) is 6.97. The molecular formula is C26H24N6O6. The molecule has 4 aromatic heterocycles. The summed E-state index contributed by atoms with van der Waals surface area (Å²) in [5.74, 6) is 1.37. The predicted octanol–water partition coefficient (Wildman–Crippen LogP) is 0.859. The summed E-state index contributed by atoms with van der Waals surface area (Å²) in [6.45, 7) is 0.806. The van der Waals surface area contributed by atoms with Crippen LogP contribution in [0.25, 0.3) is 39.2 Å². The van der Waals surface area contributed by atoms with Gasteiger partial charge in [0, 0.05) is 51.7 Å². The summed E-state index contributed by atoms with van der Waals surface area (Å²) in [7, 11) is 5.88. The van der Waals surface area contributed by atoms with E-state index in [-0.39, 0.29) is 28.0 Å². The summed E-state index contributed by atoms with van der Waals surface area (Å²) in [6.07, 6.45) is 3.42. The fourth-order valence-corrected chi connectivity index (χ4v) is 5.02. The number of aryl methyl sites for hydroxylation is 1. The van der Waals surface area contributed by atoms with E-state index in [4.69, 9.17) is 9.47 Å². The molecule has 38 heavy (non-hydrogen) atoms. The Morgan fingerprint density at radius 1 is 0.737 bits per heavy atom. The van der Waals surface area contributed by atoms with Crippen molar-refractivity contribution in [3.05, 3.63) is 84.4 Å². The first-order chi connectivity index (χ1) is 18.2. The van der Waals surface area contributed by atoms with Crippen LogP contribution < -0.4 is 32.0 Å². The van der Waals surface area contributed by atoms with Crippen LogP contribution in [0.1, 0.15) is 0 Å². The molecule has 0 aliphatic carbocycles. The van der Waals surface area contributed by atoms with Crippen LogP contribution in [0.5, 0.6) is 11.5 Å². The van der Waals surface area contributed by atoms with E-state index in [1.807, 2.05) is 0 Å². The van der Waals surface area contributed by atoms with Crippen LogP contribution in [0, 0.1) is 0 Å². The van der Waals surface area contributed by atoms with Crippen molar-refractivity contribution in [2.45, 2.75) is 0 Å². The Morgan fingerprint density at radius 2 is 1.37 bits per heavy atom. The molecule has 6 rings (SSSR count). The van der Waals surface area contributed by atoms with E-state index in [1.165, 1.54) is 23.2 Å². The third kappa shape index (κ3) is 3.16. The molecule has 0 saturated heterocycles. The highest BCUT2D eigenvalue weighted by Gasteiger charge is 2.29. The van der Waals surface area contributed by atoms with Gasteiger partial charge in [-0.1, -0.05) is 0 Å². The molecular weight excluding hydrogens is 492 g/mol. The molecule has 0 saturated carbocycles. The second kappa shape index (κ2) is 8.26. The maximum absolute atomic E-state index is 13.9. The zero-order valence-electron chi connectivity index (χ0n) is 21.1. The average molecular weight is 517 g/mol. The van der Waals surface area contributed by atoms with Gasteiger partial charge in [0.15, 0.2) is 11.5 Å². The lowest BCUT2D eigenvalue weighted by atomic mass is 9.99. The van der Waals surface area contributed by atoms with Gasteiger partial charge in [-0.3, -0.25) is 27.9 Å². The number of rotatable bonds is 3. The molecule has 0 radical (unpaired) electrons. The Bertz CT molecular complexity index is 2000. The molecule has 0 fully saturated rings. The minimum atomic E-state index is -0.590. The first-order valence-corrected chi connectivity index (χ1v) is 11.9. The van der Waals surface area contributed by atoms with Crippen LogP contribution in [-0.4, -0.2) is 41.0 Å². The Morgan fingerprint density at radius 3 is 2.08 bits per heavy atom. The number of nitrogens with zero attached hydrogens (tertiary/aromatic N) is 5. The molecule has 0 unspecified atom stereocenters. The van der Waals surface area contributed by atoms with Gasteiger partial charge in [0.05, 0.1) is 16.6 Å². The highest BCUT2D eigenvalue weighted by atomic mass is 16.6. The van der Waals surface area contributed by atoms with Gasteiger partial charge in [-0.05, 0) is 30.3 Å². The summed E-state index contributed by atoms with van der Waals surface area (Å²) in [4.78, 5) is 56.5. The first-order valence-electron chi connectivity index (χ1n) is 11.9. The third-order valence-corrected chi connectivity index (χ3v) is 6.97. The van der Waals surface area contributed by atoms with Crippen molar-refractivity contribution < 1.29 is 9.47 Å². The number of fused-ring (bicyclic) bond motifs is 2. The van der Waals surface area contributed by atoms with Crippen molar-refractivity contribution in [3.63, 3.8) is 0 Å². The topological polar surface area (TPSA) is 127 Å². The molecule has 0 atom stereocenters. The number of benzene rings is 1. The van der Waals surface area contributed by atoms with Crippen LogP contribution in [0.2, 0.25) is 0 Å². The minimum absolute atomic E-state index is 0.123. The molecule has 5 heterocycles. The minimum Gasteiger partial charge on any atom is -0.486 e. The van der Waals surface area contributed by atoms with Gasteiger partial charge in [-0.15, -0.1) is 0 Å². The zero-order valence-corrected chi connectivity index (χ0v) is 21.1. The van der Waals surface area contributed by atoms with Gasteiger partial charge in [-0.25, -0.2) is 9.59 Å². The molecule has 1 aromatic carbocycles. The quantitative estimate of drug-likeness (QED) is 0.379. The molecule has 194 valence electrons. The van der Waals surface area contributed by atoms with E-state index in [0.29, 0.717) is 36.0 Å². The summed E-state index contributed by atoms with van der Waals surface area (Å²) >= 11 is 0. The monoisotopic (exact) mass is 516 g/mol. The number of hydrogen-bond donors (Lipinski definition) is 1. The summed E-state index contributed by atoms with van der Waals surface area (Å²) in [5, 5.41) is 0.142. The van der Waals surface area contributed by atoms with Crippen molar-refractivity contribution >= 4 is 11.0 Å². The standard InChI is InChI=1S/C26H24N6O6/c1-28-21-18(23(33)30(3)25(28)35)17(20(27-21)14-7-8-15-16(13-14)38-12-11-37-15)19-22(32-9-5-6-10-32)29(2)26(36)31(4)24(19)34/h5-10,13,27H,11-12H2,1-4H3. The molecule has 1 aliphatic rings. The lowest BCUT2D eigenvalue weighted by molar-refractivity contribution is 0.171. The van der Waals surface area contributed by atoms with Crippen molar-refractivity contribution in [1.29, 1.82) is 0 Å². The van der Waals surface area contributed by atoms with Gasteiger partial charge in [0.2, 0.25) is 0 Å². The number of aromatic amines is 1. The molecule has 1 aliphatic heterocycles. The molecule has 0 spiro atoms. The van der Waals surface area contributed by atoms with Crippen LogP contribution in [0.15, 0.2) is 61.9 Å². The average Bonchev–Trinajstić information content (AvgIpc) is 3.60. The van der Waals surface area contributed by atoms with E-state index in [0.717, 1.165) is 9.13 Å². The van der Waals surface area contributed by atoms with Crippen LogP contribution in [0.3, 0.4) is 0 Å². The Balaban J connectivity index is 1.85. The van der Waals surface area contributed by atoms with Crippen molar-refractivity contribution in [3.8, 4) is 39.7 Å². The largest absolute Gasteiger partial charge is 0.486 e. The van der Waals surface area contributed by atoms with E-state index in [1.54, 1.807) is 61.4 Å². The second-order valence-corrected chi connectivity index (χ2v) is 9.16.